The van der Waals surface area contributed by atoms with Gasteiger partial charge in [0.2, 0.25) is 0 Å². The summed E-state index contributed by atoms with van der Waals surface area (Å²) in [6.07, 6.45) is -0.539. The van der Waals surface area contributed by atoms with E-state index in [-0.39, 0.29) is 0 Å². The van der Waals surface area contributed by atoms with Gasteiger partial charge in [0.05, 0.1) is 0 Å². The van der Waals surface area contributed by atoms with Gasteiger partial charge in [0, 0.05) is 13.3 Å². The Hall–Kier alpha value is -1.59. The summed E-state index contributed by atoms with van der Waals surface area (Å²) >= 11 is 0. The molecular weight excluding hydrogens is 180 g/mol. The molecule has 0 radical (unpaired) electrons. The molecule has 13 heavy (non-hydrogen) atoms. The molecule has 76 valence electrons. The molecule has 6 nitrogen and oxygen atoms in total. The van der Waals surface area contributed by atoms with Gasteiger partial charge in [-0.15, -0.1) is 0 Å². The average Bonchev–Trinajstić information content (AvgIpc) is 1.83. The highest BCUT2D eigenvalue weighted by atomic mass is 16.7. The maximum atomic E-state index is 9.65. The summed E-state index contributed by atoms with van der Waals surface area (Å²) in [7, 11) is 0. The van der Waals surface area contributed by atoms with Crippen LogP contribution in [0.1, 0.15) is 26.7 Å². The third-order valence-corrected chi connectivity index (χ3v) is 0.695. The van der Waals surface area contributed by atoms with E-state index in [4.69, 9.17) is 10.2 Å². The molecule has 0 fully saturated rings. The Balaban J connectivity index is 0. The second kappa shape index (κ2) is 8.51. The van der Waals surface area contributed by atoms with Gasteiger partial charge in [0.15, 0.2) is 0 Å². The third kappa shape index (κ3) is 25.2. The Labute approximate surface area is 75.1 Å². The van der Waals surface area contributed by atoms with E-state index in [0.717, 1.165) is 13.3 Å². The van der Waals surface area contributed by atoms with Crippen molar-refractivity contribution < 1.29 is 29.3 Å². The minimum absolute atomic E-state index is 0.292. The van der Waals surface area contributed by atoms with Crippen molar-refractivity contribution >= 4 is 18.1 Å². The Morgan fingerprint density at radius 3 is 1.69 bits per heavy atom. The van der Waals surface area contributed by atoms with Gasteiger partial charge in [-0.1, -0.05) is 6.92 Å². The fourth-order valence-corrected chi connectivity index (χ4v) is 0.337. The maximum Gasteiger partial charge on any atom is 0.513 e. The molecule has 0 unspecified atom stereocenters. The van der Waals surface area contributed by atoms with E-state index in [1.807, 2.05) is 6.92 Å². The first kappa shape index (κ1) is 14.0. The van der Waals surface area contributed by atoms with Crippen LogP contribution < -0.4 is 0 Å². The predicted octanol–water partition coefficient (Wildman–Crippen LogP) is 1.10. The number of carboxylic acids is 1. The Morgan fingerprint density at radius 1 is 1.23 bits per heavy atom. The number of hydrogen-bond acceptors (Lipinski definition) is 4. The molecule has 0 aromatic rings. The quantitative estimate of drug-likeness (QED) is 0.501. The van der Waals surface area contributed by atoms with Crippen LogP contribution in [0.15, 0.2) is 0 Å². The van der Waals surface area contributed by atoms with Crippen molar-refractivity contribution in [3.8, 4) is 0 Å². The molecule has 0 aromatic heterocycles. The Morgan fingerprint density at radius 2 is 1.69 bits per heavy atom. The summed E-state index contributed by atoms with van der Waals surface area (Å²) in [4.78, 5) is 28.6. The zero-order chi connectivity index (χ0) is 10.9. The first-order valence-corrected chi connectivity index (χ1v) is 3.53. The molecule has 2 N–H and O–H groups in total. The van der Waals surface area contributed by atoms with E-state index in [9.17, 15) is 14.4 Å². The molecule has 6 heteroatoms. The molecule has 0 aromatic carbocycles. The fraction of sp³-hybridized carbons (Fsp3) is 0.571. The molecule has 0 bridgehead atoms. The smallest absolute Gasteiger partial charge is 0.481 e. The molecule has 0 rings (SSSR count). The second-order valence-electron chi connectivity index (χ2n) is 2.00. The molecular formula is C7H12O6. The molecule has 0 aliphatic carbocycles. The van der Waals surface area contributed by atoms with E-state index >= 15 is 0 Å². The number of esters is 1. The van der Waals surface area contributed by atoms with Crippen LogP contribution in [-0.2, 0) is 14.3 Å². The SMILES string of the molecule is CC(=O)OC(=O)O.CCCC(=O)O. The van der Waals surface area contributed by atoms with E-state index in [1.165, 1.54) is 0 Å². The summed E-state index contributed by atoms with van der Waals surface area (Å²) in [5.41, 5.74) is 0. The summed E-state index contributed by atoms with van der Waals surface area (Å²) in [5, 5.41) is 15.6. The number of hydrogen-bond donors (Lipinski definition) is 2. The van der Waals surface area contributed by atoms with Crippen molar-refractivity contribution in [1.82, 2.24) is 0 Å². The van der Waals surface area contributed by atoms with Crippen LogP contribution in [0.25, 0.3) is 0 Å². The molecule has 0 atom stereocenters. The van der Waals surface area contributed by atoms with Gasteiger partial charge in [0.1, 0.15) is 0 Å². The van der Waals surface area contributed by atoms with Crippen LogP contribution in [-0.4, -0.2) is 28.3 Å². The highest BCUT2D eigenvalue weighted by molar-refractivity contribution is 5.78. The molecule has 0 aliphatic heterocycles. The summed E-state index contributed by atoms with van der Waals surface area (Å²) < 4.78 is 3.53. The van der Waals surface area contributed by atoms with E-state index in [2.05, 4.69) is 4.74 Å². The minimum atomic E-state index is -1.56. The van der Waals surface area contributed by atoms with Gasteiger partial charge in [0.25, 0.3) is 0 Å². The van der Waals surface area contributed by atoms with Crippen LogP contribution in [0.4, 0.5) is 4.79 Å². The lowest BCUT2D eigenvalue weighted by Crippen LogP contribution is -2.04. The van der Waals surface area contributed by atoms with Gasteiger partial charge in [-0.3, -0.25) is 9.59 Å². The van der Waals surface area contributed by atoms with Crippen molar-refractivity contribution in [2.45, 2.75) is 26.7 Å². The molecule has 0 amide bonds. The lowest BCUT2D eigenvalue weighted by Gasteiger charge is -1.85. The second-order valence-corrected chi connectivity index (χ2v) is 2.00. The van der Waals surface area contributed by atoms with Crippen LogP contribution >= 0.6 is 0 Å². The average molecular weight is 192 g/mol. The standard InChI is InChI=1S/C4H8O2.C3H4O4/c1-2-3-4(5)6;1-2(4)7-3(5)6/h2-3H2,1H3,(H,5,6);1H3,(H,5,6). The Kier molecular flexibility index (Phi) is 9.14. The van der Waals surface area contributed by atoms with E-state index in [0.29, 0.717) is 6.42 Å². The molecule has 0 aliphatic rings. The van der Waals surface area contributed by atoms with Crippen molar-refractivity contribution in [2.24, 2.45) is 0 Å². The first-order valence-electron chi connectivity index (χ1n) is 3.53. The van der Waals surface area contributed by atoms with Crippen LogP contribution in [0.5, 0.6) is 0 Å². The van der Waals surface area contributed by atoms with E-state index in [1.54, 1.807) is 0 Å². The lowest BCUT2D eigenvalue weighted by molar-refractivity contribution is -0.137. The number of ether oxygens (including phenoxy) is 1. The van der Waals surface area contributed by atoms with Gasteiger partial charge in [-0.25, -0.2) is 4.79 Å². The summed E-state index contributed by atoms with van der Waals surface area (Å²) in [5.74, 6) is -1.52. The van der Waals surface area contributed by atoms with Gasteiger partial charge in [-0.05, 0) is 6.42 Å². The number of carbonyl (C=O) groups is 3. The number of rotatable bonds is 2. The van der Waals surface area contributed by atoms with Gasteiger partial charge >= 0.3 is 18.1 Å². The zero-order valence-electron chi connectivity index (χ0n) is 7.44. The van der Waals surface area contributed by atoms with Crippen LogP contribution in [0.3, 0.4) is 0 Å². The molecule has 0 heterocycles. The van der Waals surface area contributed by atoms with Crippen LogP contribution in [0, 0.1) is 0 Å². The normalized spacial score (nSPS) is 7.85. The minimum Gasteiger partial charge on any atom is -0.481 e. The lowest BCUT2D eigenvalue weighted by atomic mass is 10.4. The highest BCUT2D eigenvalue weighted by Gasteiger charge is 1.97. The third-order valence-electron chi connectivity index (χ3n) is 0.695. The van der Waals surface area contributed by atoms with Crippen molar-refractivity contribution in [2.75, 3.05) is 0 Å². The van der Waals surface area contributed by atoms with Crippen LogP contribution in [0.2, 0.25) is 0 Å². The number of aliphatic carboxylic acids is 1. The van der Waals surface area contributed by atoms with E-state index < -0.39 is 18.1 Å². The zero-order valence-corrected chi connectivity index (χ0v) is 7.44. The molecule has 0 saturated carbocycles. The van der Waals surface area contributed by atoms with Crippen molar-refractivity contribution in [1.29, 1.82) is 0 Å². The number of carboxylic acid groups (broad SMARTS) is 2. The van der Waals surface area contributed by atoms with Crippen molar-refractivity contribution in [3.05, 3.63) is 0 Å². The number of carbonyl (C=O) groups excluding carboxylic acids is 1. The highest BCUT2D eigenvalue weighted by Crippen LogP contribution is 1.82. The summed E-state index contributed by atoms with van der Waals surface area (Å²) in [6.45, 7) is 2.86. The Bertz CT molecular complexity index is 173. The van der Waals surface area contributed by atoms with Crippen molar-refractivity contribution in [3.63, 3.8) is 0 Å². The largest absolute Gasteiger partial charge is 0.513 e. The molecule has 0 saturated heterocycles. The van der Waals surface area contributed by atoms with Gasteiger partial charge in [-0.2, -0.15) is 0 Å². The maximum absolute atomic E-state index is 9.65. The van der Waals surface area contributed by atoms with Gasteiger partial charge < -0.3 is 14.9 Å². The fourth-order valence-electron chi connectivity index (χ4n) is 0.337. The summed E-state index contributed by atoms with van der Waals surface area (Å²) in [6, 6.07) is 0. The first-order chi connectivity index (χ1) is 5.90. The topological polar surface area (TPSA) is 101 Å². The predicted molar refractivity (Wildman–Crippen MR) is 42.3 cm³/mol. The monoisotopic (exact) mass is 192 g/mol. The molecule has 0 spiro atoms.